The largest absolute Gasteiger partial charge is 0.450 e. The Morgan fingerprint density at radius 3 is 2.59 bits per heavy atom. The monoisotopic (exact) mass is 435 g/mol. The molecule has 0 spiro atoms. The maximum atomic E-state index is 11.7. The smallest absolute Gasteiger partial charge is 0.411 e. The third kappa shape index (κ3) is 4.60. The molecule has 0 aliphatic heterocycles. The van der Waals surface area contributed by atoms with Crippen molar-refractivity contribution < 1.29 is 14.3 Å². The summed E-state index contributed by atoms with van der Waals surface area (Å²) < 4.78 is 12.6. The minimum Gasteiger partial charge on any atom is -0.450 e. The first kappa shape index (κ1) is 22.2. The number of hydrogen-bond donors (Lipinski definition) is 2. The molecule has 6 nitrogen and oxygen atoms in total. The third-order valence-corrected chi connectivity index (χ3v) is 6.29. The number of amides is 1. The Hall–Kier alpha value is -2.99. The molecule has 0 radical (unpaired) electrons. The second-order valence-corrected chi connectivity index (χ2v) is 8.44. The molecule has 0 saturated heterocycles. The van der Waals surface area contributed by atoms with Crippen LogP contribution in [-0.4, -0.2) is 31.0 Å². The van der Waals surface area contributed by atoms with Crippen molar-refractivity contribution in [1.82, 2.24) is 4.57 Å². The van der Waals surface area contributed by atoms with Crippen molar-refractivity contribution in [2.75, 3.05) is 31.4 Å². The van der Waals surface area contributed by atoms with Crippen LogP contribution in [0.3, 0.4) is 0 Å². The number of nitrogens with zero attached hydrogens (tertiary/aromatic N) is 1. The molecule has 1 fully saturated rings. The van der Waals surface area contributed by atoms with Crippen molar-refractivity contribution in [3.63, 3.8) is 0 Å². The van der Waals surface area contributed by atoms with Gasteiger partial charge in [-0.05, 0) is 69.2 Å². The van der Waals surface area contributed by atoms with Gasteiger partial charge >= 0.3 is 6.09 Å². The number of aromatic nitrogens is 1. The molecule has 1 aliphatic rings. The van der Waals surface area contributed by atoms with Crippen LogP contribution in [0, 0.1) is 0 Å². The summed E-state index contributed by atoms with van der Waals surface area (Å²) in [5.74, 6) is 0. The van der Waals surface area contributed by atoms with Crippen molar-refractivity contribution in [1.29, 1.82) is 0 Å². The highest BCUT2D eigenvalue weighted by Crippen LogP contribution is 2.44. The predicted molar refractivity (Wildman–Crippen MR) is 130 cm³/mol. The highest BCUT2D eigenvalue weighted by Gasteiger charge is 2.27. The van der Waals surface area contributed by atoms with Crippen LogP contribution >= 0.6 is 0 Å². The average molecular weight is 436 g/mol. The zero-order valence-electron chi connectivity index (χ0n) is 19.0. The minimum atomic E-state index is -0.443. The molecule has 1 amide bonds. The number of carbonyl (C=O) groups is 1. The molecule has 3 N–H and O–H groups in total. The van der Waals surface area contributed by atoms with Gasteiger partial charge in [-0.25, -0.2) is 4.79 Å². The molecule has 1 saturated carbocycles. The highest BCUT2D eigenvalue weighted by molar-refractivity contribution is 6.01. The molecule has 2 aromatic carbocycles. The number of carbonyl (C=O) groups excluding carboxylic acids is 1. The van der Waals surface area contributed by atoms with Crippen LogP contribution in [0.2, 0.25) is 0 Å². The molecule has 0 atom stereocenters. The van der Waals surface area contributed by atoms with Crippen LogP contribution < -0.4 is 11.1 Å². The van der Waals surface area contributed by atoms with E-state index in [1.807, 2.05) is 24.3 Å². The van der Waals surface area contributed by atoms with Crippen LogP contribution in [-0.2, 0) is 15.9 Å². The molecule has 170 valence electrons. The van der Waals surface area contributed by atoms with E-state index in [0.717, 1.165) is 48.2 Å². The number of nitrogens with two attached hydrogens (primary N) is 1. The van der Waals surface area contributed by atoms with E-state index in [1.54, 1.807) is 14.0 Å². The van der Waals surface area contributed by atoms with Crippen LogP contribution in [0.4, 0.5) is 16.2 Å². The molecule has 1 aliphatic carbocycles. The molecule has 6 heteroatoms. The van der Waals surface area contributed by atoms with Gasteiger partial charge in [-0.15, -0.1) is 0 Å². The van der Waals surface area contributed by atoms with Gasteiger partial charge in [0.05, 0.1) is 23.5 Å². The zero-order chi connectivity index (χ0) is 22.5. The van der Waals surface area contributed by atoms with E-state index in [0.29, 0.717) is 18.3 Å². The Labute approximate surface area is 189 Å². The van der Waals surface area contributed by atoms with E-state index >= 15 is 0 Å². The molecular formula is C26H33N3O3. The van der Waals surface area contributed by atoms with Crippen molar-refractivity contribution >= 4 is 28.4 Å². The lowest BCUT2D eigenvalue weighted by atomic mass is 9.92. The van der Waals surface area contributed by atoms with Crippen LogP contribution in [0.1, 0.15) is 50.6 Å². The van der Waals surface area contributed by atoms with E-state index in [9.17, 15) is 4.79 Å². The topological polar surface area (TPSA) is 78.5 Å². The Bertz CT molecular complexity index is 1070. The number of ether oxygens (including phenoxy) is 2. The number of anilines is 2. The maximum absolute atomic E-state index is 11.7. The Morgan fingerprint density at radius 1 is 1.16 bits per heavy atom. The number of aryl methyl sites for hydroxylation is 1. The van der Waals surface area contributed by atoms with E-state index < -0.39 is 6.09 Å². The number of rotatable bonds is 9. The van der Waals surface area contributed by atoms with Gasteiger partial charge in [-0.3, -0.25) is 5.32 Å². The van der Waals surface area contributed by atoms with Crippen molar-refractivity contribution in [2.24, 2.45) is 0 Å². The van der Waals surface area contributed by atoms with Crippen LogP contribution in [0.5, 0.6) is 0 Å². The number of benzene rings is 2. The molecule has 1 heterocycles. The summed E-state index contributed by atoms with van der Waals surface area (Å²) in [5.41, 5.74) is 12.9. The van der Waals surface area contributed by atoms with E-state index in [4.69, 9.17) is 15.2 Å². The van der Waals surface area contributed by atoms with Crippen LogP contribution in [0.25, 0.3) is 22.2 Å². The van der Waals surface area contributed by atoms with Gasteiger partial charge in [0.1, 0.15) is 0 Å². The van der Waals surface area contributed by atoms with Gasteiger partial charge in [-0.1, -0.05) is 24.3 Å². The fourth-order valence-corrected chi connectivity index (χ4v) is 4.43. The van der Waals surface area contributed by atoms with E-state index in [1.165, 1.54) is 30.3 Å². The highest BCUT2D eigenvalue weighted by atomic mass is 16.5. The second kappa shape index (κ2) is 10.1. The van der Waals surface area contributed by atoms with E-state index in [-0.39, 0.29) is 0 Å². The summed E-state index contributed by atoms with van der Waals surface area (Å²) in [5, 5.41) is 3.86. The Morgan fingerprint density at radius 2 is 1.94 bits per heavy atom. The van der Waals surface area contributed by atoms with Gasteiger partial charge in [0.15, 0.2) is 0 Å². The standard InChI is InChI=1S/C26H33N3O3/c1-3-32-26(30)28-20-13-11-19(12-14-20)25-24(27)22-15-10-18(7-4-5-16-31-2)17-23(22)29(25)21-8-6-9-21/h10-15,17,21H,3-9,16,27H2,1-2H3,(H,28,30). The van der Waals surface area contributed by atoms with E-state index in [2.05, 4.69) is 28.1 Å². The summed E-state index contributed by atoms with van der Waals surface area (Å²) in [4.78, 5) is 11.7. The normalized spacial score (nSPS) is 13.8. The molecule has 32 heavy (non-hydrogen) atoms. The van der Waals surface area contributed by atoms with Gasteiger partial charge in [-0.2, -0.15) is 0 Å². The molecule has 0 bridgehead atoms. The molecular weight excluding hydrogens is 402 g/mol. The quantitative estimate of drug-likeness (QED) is 0.395. The number of hydrogen-bond acceptors (Lipinski definition) is 4. The number of unbranched alkanes of at least 4 members (excludes halogenated alkanes) is 1. The first-order valence-corrected chi connectivity index (χ1v) is 11.6. The zero-order valence-corrected chi connectivity index (χ0v) is 19.0. The van der Waals surface area contributed by atoms with Crippen molar-refractivity contribution in [3.05, 3.63) is 48.0 Å². The Balaban J connectivity index is 1.67. The average Bonchev–Trinajstić information content (AvgIpc) is 3.03. The summed E-state index contributed by atoms with van der Waals surface area (Å²) in [6, 6.07) is 15.0. The predicted octanol–water partition coefficient (Wildman–Crippen LogP) is 6.15. The fraction of sp³-hybridized carbons (Fsp3) is 0.423. The van der Waals surface area contributed by atoms with Crippen molar-refractivity contribution in [2.45, 2.75) is 51.5 Å². The number of fused-ring (bicyclic) bond motifs is 1. The minimum absolute atomic E-state index is 0.344. The number of nitrogen functional groups attached to an aromatic ring is 1. The maximum Gasteiger partial charge on any atom is 0.411 e. The lowest BCUT2D eigenvalue weighted by molar-refractivity contribution is 0.168. The third-order valence-electron chi connectivity index (χ3n) is 6.29. The van der Waals surface area contributed by atoms with Crippen molar-refractivity contribution in [3.8, 4) is 11.3 Å². The van der Waals surface area contributed by atoms with Crippen LogP contribution in [0.15, 0.2) is 42.5 Å². The lowest BCUT2D eigenvalue weighted by Gasteiger charge is -2.30. The molecule has 0 unspecified atom stereocenters. The summed E-state index contributed by atoms with van der Waals surface area (Å²) in [7, 11) is 1.75. The van der Waals surface area contributed by atoms with Gasteiger partial charge in [0.25, 0.3) is 0 Å². The second-order valence-electron chi connectivity index (χ2n) is 8.44. The summed E-state index contributed by atoms with van der Waals surface area (Å²) in [6.07, 6.45) is 6.38. The van der Waals surface area contributed by atoms with Gasteiger partial charge in [0.2, 0.25) is 0 Å². The first-order valence-electron chi connectivity index (χ1n) is 11.6. The number of methoxy groups -OCH3 is 1. The van der Waals surface area contributed by atoms with Gasteiger partial charge in [0, 0.05) is 36.4 Å². The van der Waals surface area contributed by atoms with Gasteiger partial charge < -0.3 is 19.8 Å². The Kier molecular flexibility index (Phi) is 7.00. The lowest BCUT2D eigenvalue weighted by Crippen LogP contribution is -2.18. The molecule has 3 aromatic rings. The summed E-state index contributed by atoms with van der Waals surface area (Å²) >= 11 is 0. The molecule has 4 rings (SSSR count). The fourth-order valence-electron chi connectivity index (χ4n) is 4.43. The number of nitrogens with one attached hydrogen (secondary N) is 1. The first-order chi connectivity index (χ1) is 15.6. The molecule has 1 aromatic heterocycles. The SMILES string of the molecule is CCOC(=O)Nc1ccc(-c2c(N)c3ccc(CCCCOC)cc3n2C2CCC2)cc1. The summed E-state index contributed by atoms with van der Waals surface area (Å²) in [6.45, 7) is 2.94.